The number of halogens is 2. The molecule has 0 aromatic carbocycles. The molecule has 2 atom stereocenters. The minimum absolute atomic E-state index is 0. The topological polar surface area (TPSA) is 57.3 Å². The van der Waals surface area contributed by atoms with E-state index >= 15 is 0 Å². The highest BCUT2D eigenvalue weighted by molar-refractivity contribution is 5.99. The predicted octanol–water partition coefficient (Wildman–Crippen LogP) is 2.25. The maximum absolute atomic E-state index is 12.6. The van der Waals surface area contributed by atoms with Crippen molar-refractivity contribution in [3.8, 4) is 0 Å². The summed E-state index contributed by atoms with van der Waals surface area (Å²) in [6, 6.07) is 3.94. The quantitative estimate of drug-likeness (QED) is 0.867. The normalized spacial score (nSPS) is 23.6. The van der Waals surface area contributed by atoms with Gasteiger partial charge in [-0.3, -0.25) is 4.79 Å². The van der Waals surface area contributed by atoms with Crippen molar-refractivity contribution in [3.05, 3.63) is 23.9 Å². The SMILES string of the molecule is CC1CCNCC1NC(=O)c1cccnc1N1CCCC1.Cl.Cl. The number of hydrogen-bond acceptors (Lipinski definition) is 4. The third-order valence-electron chi connectivity index (χ3n) is 4.58. The van der Waals surface area contributed by atoms with E-state index in [0.29, 0.717) is 11.5 Å². The van der Waals surface area contributed by atoms with Crippen LogP contribution in [0.3, 0.4) is 0 Å². The van der Waals surface area contributed by atoms with E-state index in [4.69, 9.17) is 0 Å². The molecule has 1 aromatic heterocycles. The van der Waals surface area contributed by atoms with Gasteiger partial charge in [-0.1, -0.05) is 6.92 Å². The van der Waals surface area contributed by atoms with E-state index in [0.717, 1.165) is 38.4 Å². The van der Waals surface area contributed by atoms with Gasteiger partial charge in [-0.2, -0.15) is 0 Å². The van der Waals surface area contributed by atoms with Gasteiger partial charge in [-0.15, -0.1) is 24.8 Å². The van der Waals surface area contributed by atoms with Crippen molar-refractivity contribution < 1.29 is 4.79 Å². The van der Waals surface area contributed by atoms with Gasteiger partial charge in [0.05, 0.1) is 5.56 Å². The molecule has 0 bridgehead atoms. The van der Waals surface area contributed by atoms with Gasteiger partial charge >= 0.3 is 0 Å². The lowest BCUT2D eigenvalue weighted by Crippen LogP contribution is -2.50. The molecule has 3 heterocycles. The molecule has 0 spiro atoms. The first-order valence-electron chi connectivity index (χ1n) is 7.97. The van der Waals surface area contributed by atoms with E-state index in [1.165, 1.54) is 12.8 Å². The first-order valence-corrected chi connectivity index (χ1v) is 7.97. The lowest BCUT2D eigenvalue weighted by Gasteiger charge is -2.30. The van der Waals surface area contributed by atoms with Crippen molar-refractivity contribution in [1.29, 1.82) is 0 Å². The zero-order chi connectivity index (χ0) is 14.7. The van der Waals surface area contributed by atoms with Gasteiger partial charge in [0, 0.05) is 31.9 Å². The zero-order valence-corrected chi connectivity index (χ0v) is 15.1. The molecule has 0 radical (unpaired) electrons. The summed E-state index contributed by atoms with van der Waals surface area (Å²) >= 11 is 0. The van der Waals surface area contributed by atoms with E-state index in [-0.39, 0.29) is 36.8 Å². The molecule has 5 nitrogen and oxygen atoms in total. The van der Waals surface area contributed by atoms with Crippen LogP contribution in [0.5, 0.6) is 0 Å². The van der Waals surface area contributed by atoms with Gasteiger partial charge in [-0.25, -0.2) is 4.98 Å². The number of amides is 1. The van der Waals surface area contributed by atoms with E-state index in [9.17, 15) is 4.79 Å². The molecule has 0 aliphatic carbocycles. The molecule has 130 valence electrons. The Hall–Kier alpha value is -1.04. The molecule has 2 saturated heterocycles. The lowest BCUT2D eigenvalue weighted by atomic mass is 9.94. The molecule has 2 unspecified atom stereocenters. The monoisotopic (exact) mass is 360 g/mol. The van der Waals surface area contributed by atoms with E-state index in [2.05, 4.69) is 27.4 Å². The molecule has 7 heteroatoms. The molecule has 23 heavy (non-hydrogen) atoms. The number of aromatic nitrogens is 1. The van der Waals surface area contributed by atoms with Crippen molar-refractivity contribution in [2.75, 3.05) is 31.1 Å². The molecule has 2 N–H and O–H groups in total. The van der Waals surface area contributed by atoms with Crippen LogP contribution < -0.4 is 15.5 Å². The summed E-state index contributed by atoms with van der Waals surface area (Å²) in [7, 11) is 0. The minimum Gasteiger partial charge on any atom is -0.356 e. The molecule has 2 fully saturated rings. The van der Waals surface area contributed by atoms with E-state index < -0.39 is 0 Å². The molecule has 0 saturated carbocycles. The predicted molar refractivity (Wildman–Crippen MR) is 98.1 cm³/mol. The third kappa shape index (κ3) is 4.72. The van der Waals surface area contributed by atoms with Crippen LogP contribution in [0.15, 0.2) is 18.3 Å². The number of piperidine rings is 1. The molecular weight excluding hydrogens is 335 g/mol. The summed E-state index contributed by atoms with van der Waals surface area (Å²) in [4.78, 5) is 19.3. The molecule has 2 aliphatic rings. The van der Waals surface area contributed by atoms with Crippen molar-refractivity contribution in [2.45, 2.75) is 32.2 Å². The molecule has 3 rings (SSSR count). The summed E-state index contributed by atoms with van der Waals surface area (Å²) in [5.41, 5.74) is 0.706. The standard InChI is InChI=1S/C16H24N4O.2ClH/c1-12-6-8-17-11-14(12)19-16(21)13-5-4-7-18-15(13)20-9-2-3-10-20;;/h4-5,7,12,14,17H,2-3,6,8-11H2,1H3,(H,19,21);2*1H. The summed E-state index contributed by atoms with van der Waals surface area (Å²) in [6.07, 6.45) is 5.24. The summed E-state index contributed by atoms with van der Waals surface area (Å²) in [6.45, 7) is 6.10. The Morgan fingerprint density at radius 3 is 2.78 bits per heavy atom. The Balaban J connectivity index is 0.00000132. The number of nitrogens with one attached hydrogen (secondary N) is 2. The molecule has 1 aromatic rings. The largest absolute Gasteiger partial charge is 0.356 e. The second kappa shape index (κ2) is 9.30. The number of carbonyl (C=O) groups excluding carboxylic acids is 1. The summed E-state index contributed by atoms with van der Waals surface area (Å²) in [5.74, 6) is 1.36. The third-order valence-corrected chi connectivity index (χ3v) is 4.58. The second-order valence-corrected chi connectivity index (χ2v) is 6.12. The Morgan fingerprint density at radius 1 is 1.35 bits per heavy atom. The maximum Gasteiger partial charge on any atom is 0.255 e. The fourth-order valence-electron chi connectivity index (χ4n) is 3.18. The number of nitrogens with zero attached hydrogens (tertiary/aromatic N) is 2. The summed E-state index contributed by atoms with van der Waals surface area (Å²) in [5, 5.41) is 6.53. The van der Waals surface area contributed by atoms with Crippen LogP contribution >= 0.6 is 24.8 Å². The van der Waals surface area contributed by atoms with Gasteiger partial charge in [0.25, 0.3) is 5.91 Å². The highest BCUT2D eigenvalue weighted by Gasteiger charge is 2.26. The van der Waals surface area contributed by atoms with Gasteiger partial charge in [0.15, 0.2) is 0 Å². The molecular formula is C16H26Cl2N4O. The van der Waals surface area contributed by atoms with Crippen molar-refractivity contribution in [2.24, 2.45) is 5.92 Å². The van der Waals surface area contributed by atoms with Crippen LogP contribution in [0.2, 0.25) is 0 Å². The Labute approximate surface area is 150 Å². The van der Waals surface area contributed by atoms with Crippen LogP contribution in [0, 0.1) is 5.92 Å². The number of carbonyl (C=O) groups is 1. The Bertz CT molecular complexity index is 509. The average molecular weight is 361 g/mol. The van der Waals surface area contributed by atoms with Crippen LogP contribution in [0.4, 0.5) is 5.82 Å². The van der Waals surface area contributed by atoms with Crippen molar-refractivity contribution in [1.82, 2.24) is 15.6 Å². The highest BCUT2D eigenvalue weighted by Crippen LogP contribution is 2.22. The van der Waals surface area contributed by atoms with Crippen molar-refractivity contribution >= 4 is 36.5 Å². The van der Waals surface area contributed by atoms with Gasteiger partial charge in [-0.05, 0) is 43.9 Å². The summed E-state index contributed by atoms with van der Waals surface area (Å²) < 4.78 is 0. The number of hydrogen-bond donors (Lipinski definition) is 2. The van der Waals surface area contributed by atoms with Gasteiger partial charge in [0.1, 0.15) is 5.82 Å². The number of rotatable bonds is 3. The van der Waals surface area contributed by atoms with Crippen LogP contribution in [-0.2, 0) is 0 Å². The lowest BCUT2D eigenvalue weighted by molar-refractivity contribution is 0.0915. The van der Waals surface area contributed by atoms with Crippen molar-refractivity contribution in [3.63, 3.8) is 0 Å². The smallest absolute Gasteiger partial charge is 0.255 e. The zero-order valence-electron chi connectivity index (χ0n) is 13.5. The van der Waals surface area contributed by atoms with Crippen LogP contribution in [0.1, 0.15) is 36.5 Å². The Morgan fingerprint density at radius 2 is 2.09 bits per heavy atom. The van der Waals surface area contributed by atoms with Gasteiger partial charge in [0.2, 0.25) is 0 Å². The van der Waals surface area contributed by atoms with E-state index in [1.54, 1.807) is 6.20 Å². The number of anilines is 1. The first kappa shape index (κ1) is 20.0. The molecule has 1 amide bonds. The maximum atomic E-state index is 12.6. The van der Waals surface area contributed by atoms with Gasteiger partial charge < -0.3 is 15.5 Å². The average Bonchev–Trinajstić information content (AvgIpc) is 3.04. The first-order chi connectivity index (χ1) is 10.3. The van der Waals surface area contributed by atoms with Crippen LogP contribution in [-0.4, -0.2) is 43.1 Å². The molecule has 2 aliphatic heterocycles. The second-order valence-electron chi connectivity index (χ2n) is 6.12. The van der Waals surface area contributed by atoms with E-state index in [1.807, 2.05) is 12.1 Å². The van der Waals surface area contributed by atoms with Crippen LogP contribution in [0.25, 0.3) is 0 Å². The Kier molecular flexibility index (Phi) is 8.09. The fraction of sp³-hybridized carbons (Fsp3) is 0.625. The fourth-order valence-corrected chi connectivity index (χ4v) is 3.18. The minimum atomic E-state index is 0. The number of pyridine rings is 1. The highest BCUT2D eigenvalue weighted by atomic mass is 35.5.